The molecule has 168 valence electrons. The molecular formula is C25H23ClN4OS2. The van der Waals surface area contributed by atoms with Crippen molar-refractivity contribution in [3.8, 4) is 0 Å². The first-order valence-electron chi connectivity index (χ1n) is 10.4. The number of carbonyl (C=O) groups excluding carboxylic acids is 1. The van der Waals surface area contributed by atoms with E-state index in [0.717, 1.165) is 33.1 Å². The highest BCUT2D eigenvalue weighted by Gasteiger charge is 2.14. The van der Waals surface area contributed by atoms with Crippen LogP contribution in [0.2, 0.25) is 5.02 Å². The topological polar surface area (TPSA) is 59.8 Å². The molecule has 8 heteroatoms. The molecule has 1 aromatic heterocycles. The van der Waals surface area contributed by atoms with E-state index in [4.69, 9.17) is 11.6 Å². The van der Waals surface area contributed by atoms with Crippen molar-refractivity contribution in [1.82, 2.24) is 14.8 Å². The number of hydrogen-bond donors (Lipinski definition) is 1. The van der Waals surface area contributed by atoms with Gasteiger partial charge in [0.25, 0.3) is 0 Å². The highest BCUT2D eigenvalue weighted by Crippen LogP contribution is 2.25. The standard InChI is InChI=1S/C25H23ClN4OS2/c1-2-14-30-23(16-32-15-18-10-12-20(26)13-11-18)28-29-25(30)33-17-24(31)27-22-9-5-7-19-6-3-4-8-21(19)22/h2-13H,1,14-17H2,(H,27,31). The zero-order valence-electron chi connectivity index (χ0n) is 17.9. The van der Waals surface area contributed by atoms with Gasteiger partial charge in [-0.3, -0.25) is 4.79 Å². The summed E-state index contributed by atoms with van der Waals surface area (Å²) < 4.78 is 2.01. The second-order valence-electron chi connectivity index (χ2n) is 7.28. The SMILES string of the molecule is C=CCn1c(CSCc2ccc(Cl)cc2)nnc1SCC(=O)Nc1cccc2ccccc12. The minimum atomic E-state index is -0.0804. The van der Waals surface area contributed by atoms with E-state index in [-0.39, 0.29) is 11.7 Å². The van der Waals surface area contributed by atoms with Gasteiger partial charge >= 0.3 is 0 Å². The Balaban J connectivity index is 1.36. The predicted molar refractivity (Wildman–Crippen MR) is 140 cm³/mol. The highest BCUT2D eigenvalue weighted by atomic mass is 35.5. The van der Waals surface area contributed by atoms with Crippen molar-refractivity contribution in [1.29, 1.82) is 0 Å². The van der Waals surface area contributed by atoms with Crippen LogP contribution in [0.15, 0.2) is 84.5 Å². The van der Waals surface area contributed by atoms with Gasteiger partial charge in [0.15, 0.2) is 5.16 Å². The summed E-state index contributed by atoms with van der Waals surface area (Å²) in [5.41, 5.74) is 2.02. The van der Waals surface area contributed by atoms with Gasteiger partial charge in [-0.1, -0.05) is 78.0 Å². The van der Waals surface area contributed by atoms with E-state index >= 15 is 0 Å². The largest absolute Gasteiger partial charge is 0.325 e. The van der Waals surface area contributed by atoms with E-state index in [2.05, 4.69) is 22.1 Å². The molecule has 33 heavy (non-hydrogen) atoms. The molecule has 0 bridgehead atoms. The molecule has 0 fully saturated rings. The fourth-order valence-electron chi connectivity index (χ4n) is 3.34. The normalized spacial score (nSPS) is 10.9. The van der Waals surface area contributed by atoms with Crippen molar-refractivity contribution >= 4 is 57.5 Å². The molecule has 0 radical (unpaired) electrons. The Morgan fingerprint density at radius 1 is 1.03 bits per heavy atom. The summed E-state index contributed by atoms with van der Waals surface area (Å²) in [6.07, 6.45) is 1.82. The lowest BCUT2D eigenvalue weighted by molar-refractivity contribution is -0.113. The number of thioether (sulfide) groups is 2. The number of anilines is 1. The average molecular weight is 495 g/mol. The molecule has 0 saturated heterocycles. The maximum absolute atomic E-state index is 12.6. The molecule has 0 atom stereocenters. The fourth-order valence-corrected chi connectivity index (χ4v) is 5.16. The van der Waals surface area contributed by atoms with Crippen LogP contribution >= 0.6 is 35.1 Å². The average Bonchev–Trinajstić information content (AvgIpc) is 3.21. The number of nitrogens with zero attached hydrogens (tertiary/aromatic N) is 3. The zero-order chi connectivity index (χ0) is 23.0. The molecule has 4 rings (SSSR count). The number of nitrogens with one attached hydrogen (secondary N) is 1. The summed E-state index contributed by atoms with van der Waals surface area (Å²) in [5.74, 6) is 2.60. The number of benzene rings is 3. The molecule has 1 N–H and O–H groups in total. The van der Waals surface area contributed by atoms with Gasteiger partial charge in [0.2, 0.25) is 5.91 Å². The van der Waals surface area contributed by atoms with Crippen molar-refractivity contribution in [2.24, 2.45) is 0 Å². The zero-order valence-corrected chi connectivity index (χ0v) is 20.3. The molecule has 3 aromatic carbocycles. The lowest BCUT2D eigenvalue weighted by Gasteiger charge is -2.10. The van der Waals surface area contributed by atoms with Gasteiger partial charge in [0.05, 0.1) is 11.5 Å². The quantitative estimate of drug-likeness (QED) is 0.203. The number of halogens is 1. The Kier molecular flexibility index (Phi) is 8.10. The Hall–Kier alpha value is -2.74. The summed E-state index contributed by atoms with van der Waals surface area (Å²) in [6, 6.07) is 21.7. The van der Waals surface area contributed by atoms with Gasteiger partial charge in [-0.05, 0) is 29.1 Å². The predicted octanol–water partition coefficient (Wildman–Crippen LogP) is 6.43. The lowest BCUT2D eigenvalue weighted by Crippen LogP contribution is -2.15. The van der Waals surface area contributed by atoms with Gasteiger partial charge in [0, 0.05) is 28.4 Å². The van der Waals surface area contributed by atoms with Gasteiger partial charge in [-0.25, -0.2) is 0 Å². The number of carbonyl (C=O) groups is 1. The number of rotatable bonds is 10. The summed E-state index contributed by atoms with van der Waals surface area (Å²) in [7, 11) is 0. The van der Waals surface area contributed by atoms with Crippen LogP contribution in [0.5, 0.6) is 0 Å². The van der Waals surface area contributed by atoms with Crippen LogP contribution in [0.3, 0.4) is 0 Å². The molecule has 0 aliphatic heterocycles. The van der Waals surface area contributed by atoms with E-state index in [1.807, 2.05) is 77.4 Å². The minimum Gasteiger partial charge on any atom is -0.325 e. The number of amides is 1. The van der Waals surface area contributed by atoms with E-state index in [0.29, 0.717) is 17.5 Å². The van der Waals surface area contributed by atoms with Crippen LogP contribution in [0.1, 0.15) is 11.4 Å². The van der Waals surface area contributed by atoms with E-state index < -0.39 is 0 Å². The van der Waals surface area contributed by atoms with Gasteiger partial charge < -0.3 is 9.88 Å². The van der Waals surface area contributed by atoms with Crippen molar-refractivity contribution in [2.45, 2.75) is 23.2 Å². The number of fused-ring (bicyclic) bond motifs is 1. The molecule has 1 amide bonds. The Labute approximate surface area is 206 Å². The van der Waals surface area contributed by atoms with Crippen LogP contribution < -0.4 is 5.32 Å². The number of hydrogen-bond acceptors (Lipinski definition) is 5. The molecule has 0 unspecified atom stereocenters. The summed E-state index contributed by atoms with van der Waals surface area (Å²) >= 11 is 9.09. The van der Waals surface area contributed by atoms with Crippen LogP contribution in [0, 0.1) is 0 Å². The second kappa shape index (κ2) is 11.4. The molecule has 4 aromatic rings. The second-order valence-corrected chi connectivity index (χ2v) is 9.65. The molecule has 1 heterocycles. The first-order valence-corrected chi connectivity index (χ1v) is 12.9. The Bertz CT molecular complexity index is 1250. The van der Waals surface area contributed by atoms with Gasteiger partial charge in [0.1, 0.15) is 5.82 Å². The first kappa shape index (κ1) is 23.4. The van der Waals surface area contributed by atoms with Crippen molar-refractivity contribution in [3.05, 3.63) is 95.8 Å². The van der Waals surface area contributed by atoms with E-state index in [9.17, 15) is 4.79 Å². The third-order valence-electron chi connectivity index (χ3n) is 4.91. The van der Waals surface area contributed by atoms with Crippen LogP contribution in [0.25, 0.3) is 10.8 Å². The Morgan fingerprint density at radius 3 is 2.64 bits per heavy atom. The smallest absolute Gasteiger partial charge is 0.234 e. The lowest BCUT2D eigenvalue weighted by atomic mass is 10.1. The minimum absolute atomic E-state index is 0.0804. The first-order chi connectivity index (χ1) is 16.1. The number of aromatic nitrogens is 3. The van der Waals surface area contributed by atoms with Crippen LogP contribution in [-0.2, 0) is 22.8 Å². The molecule has 0 aliphatic rings. The molecule has 0 spiro atoms. The summed E-state index contributed by atoms with van der Waals surface area (Å²) in [6.45, 7) is 4.44. The van der Waals surface area contributed by atoms with E-state index in [1.54, 1.807) is 11.8 Å². The maximum Gasteiger partial charge on any atom is 0.234 e. The molecular weight excluding hydrogens is 472 g/mol. The summed E-state index contributed by atoms with van der Waals surface area (Å²) in [4.78, 5) is 12.6. The Morgan fingerprint density at radius 2 is 1.82 bits per heavy atom. The van der Waals surface area contributed by atoms with Gasteiger partial charge in [-0.15, -0.1) is 28.5 Å². The van der Waals surface area contributed by atoms with Crippen molar-refractivity contribution < 1.29 is 4.79 Å². The third-order valence-corrected chi connectivity index (χ3v) is 7.13. The highest BCUT2D eigenvalue weighted by molar-refractivity contribution is 7.99. The number of allylic oxidation sites excluding steroid dienone is 1. The molecule has 0 saturated carbocycles. The van der Waals surface area contributed by atoms with Gasteiger partial charge in [-0.2, -0.15) is 0 Å². The third kappa shape index (κ3) is 6.19. The monoisotopic (exact) mass is 494 g/mol. The van der Waals surface area contributed by atoms with Crippen LogP contribution in [0.4, 0.5) is 5.69 Å². The summed E-state index contributed by atoms with van der Waals surface area (Å²) in [5, 5.41) is 15.3. The molecule has 5 nitrogen and oxygen atoms in total. The van der Waals surface area contributed by atoms with Crippen molar-refractivity contribution in [2.75, 3.05) is 11.1 Å². The van der Waals surface area contributed by atoms with E-state index in [1.165, 1.54) is 17.3 Å². The van der Waals surface area contributed by atoms with Crippen molar-refractivity contribution in [3.63, 3.8) is 0 Å². The molecule has 0 aliphatic carbocycles. The maximum atomic E-state index is 12.6. The fraction of sp³-hybridized carbons (Fsp3) is 0.160. The van der Waals surface area contributed by atoms with Crippen LogP contribution in [-0.4, -0.2) is 26.4 Å².